The first-order chi connectivity index (χ1) is 15.5. The van der Waals surface area contributed by atoms with Gasteiger partial charge in [-0.1, -0.05) is 31.1 Å². The number of ether oxygens (including phenoxy) is 2. The molecule has 1 aromatic heterocycles. The van der Waals surface area contributed by atoms with Crippen LogP contribution < -0.4 is 4.90 Å². The molecule has 7 nitrogen and oxygen atoms in total. The quantitative estimate of drug-likeness (QED) is 0.531. The minimum atomic E-state index is -0.606. The van der Waals surface area contributed by atoms with Crippen LogP contribution in [0, 0.1) is 11.7 Å². The molecule has 1 N–H and O–H groups in total. The maximum atomic E-state index is 14.7. The third kappa shape index (κ3) is 6.75. The lowest BCUT2D eigenvalue weighted by molar-refractivity contribution is 0.0188. The molecule has 2 heterocycles. The summed E-state index contributed by atoms with van der Waals surface area (Å²) in [6, 6.07) is 6.63. The van der Waals surface area contributed by atoms with E-state index in [1.165, 1.54) is 6.07 Å². The fraction of sp³-hybridized carbons (Fsp3) is 0.625. The summed E-state index contributed by atoms with van der Waals surface area (Å²) in [5.74, 6) is 0.842. The van der Waals surface area contributed by atoms with Crippen molar-refractivity contribution in [2.45, 2.75) is 39.8 Å². The number of aromatic nitrogens is 1. The molecule has 0 unspecified atom stereocenters. The predicted octanol–water partition coefficient (Wildman–Crippen LogP) is 3.56. The number of nitrogens with zero attached hydrogens (tertiary/aromatic N) is 3. The Kier molecular flexibility index (Phi) is 9.47. The van der Waals surface area contributed by atoms with E-state index < -0.39 is 6.10 Å². The molecule has 3 rings (SSSR count). The van der Waals surface area contributed by atoms with E-state index >= 15 is 0 Å². The van der Waals surface area contributed by atoms with Crippen LogP contribution in [0.1, 0.15) is 32.8 Å². The lowest BCUT2D eigenvalue weighted by Crippen LogP contribution is -2.38. The molecule has 1 aliphatic heterocycles. The predicted molar refractivity (Wildman–Crippen MR) is 122 cm³/mol. The molecule has 178 valence electrons. The summed E-state index contributed by atoms with van der Waals surface area (Å²) in [6.45, 7) is 11.5. The van der Waals surface area contributed by atoms with E-state index in [2.05, 4.69) is 28.8 Å². The first kappa shape index (κ1) is 24.6. The molecule has 1 atom stereocenters. The van der Waals surface area contributed by atoms with Gasteiger partial charge in [0.25, 0.3) is 0 Å². The summed E-state index contributed by atoms with van der Waals surface area (Å²) in [4.78, 5) is 4.29. The van der Waals surface area contributed by atoms with Gasteiger partial charge < -0.3 is 24.0 Å². The number of halogens is 1. The van der Waals surface area contributed by atoms with Crippen LogP contribution in [0.4, 0.5) is 10.3 Å². The Balaban J connectivity index is 1.91. The van der Waals surface area contributed by atoms with E-state index in [0.717, 1.165) is 18.5 Å². The van der Waals surface area contributed by atoms with Gasteiger partial charge in [-0.25, -0.2) is 4.39 Å². The van der Waals surface area contributed by atoms with Crippen LogP contribution in [0.2, 0.25) is 0 Å². The average Bonchev–Trinajstić information content (AvgIpc) is 3.20. The molecule has 0 spiro atoms. The van der Waals surface area contributed by atoms with Crippen LogP contribution in [0.3, 0.4) is 0 Å². The molecule has 1 aromatic carbocycles. The molecule has 0 radical (unpaired) electrons. The highest BCUT2D eigenvalue weighted by atomic mass is 19.1. The number of hydrogen-bond acceptors (Lipinski definition) is 7. The molecular formula is C24H36FN3O4. The molecule has 0 saturated carbocycles. The topological polar surface area (TPSA) is 71.2 Å². The van der Waals surface area contributed by atoms with Crippen molar-refractivity contribution in [1.29, 1.82) is 0 Å². The normalized spacial score (nSPS) is 15.7. The molecule has 0 bridgehead atoms. The molecular weight excluding hydrogens is 413 g/mol. The van der Waals surface area contributed by atoms with Crippen molar-refractivity contribution in [2.75, 3.05) is 57.5 Å². The van der Waals surface area contributed by atoms with Crippen molar-refractivity contribution in [3.8, 4) is 11.3 Å². The summed E-state index contributed by atoms with van der Waals surface area (Å²) in [5, 5.41) is 14.8. The number of morpholine rings is 1. The van der Waals surface area contributed by atoms with Crippen molar-refractivity contribution in [1.82, 2.24) is 10.1 Å². The first-order valence-corrected chi connectivity index (χ1v) is 11.5. The van der Waals surface area contributed by atoms with Crippen LogP contribution in [0.25, 0.3) is 11.3 Å². The highest BCUT2D eigenvalue weighted by Crippen LogP contribution is 2.34. The van der Waals surface area contributed by atoms with Gasteiger partial charge in [0, 0.05) is 38.3 Å². The van der Waals surface area contributed by atoms with E-state index in [-0.39, 0.29) is 12.4 Å². The Bertz CT molecular complexity index is 823. The summed E-state index contributed by atoms with van der Waals surface area (Å²) in [7, 11) is 0. The minimum absolute atomic E-state index is 0.287. The second-order valence-electron chi connectivity index (χ2n) is 8.63. The van der Waals surface area contributed by atoms with Crippen molar-refractivity contribution in [2.24, 2.45) is 5.92 Å². The molecule has 1 saturated heterocycles. The van der Waals surface area contributed by atoms with Crippen molar-refractivity contribution in [3.63, 3.8) is 0 Å². The highest BCUT2D eigenvalue weighted by molar-refractivity contribution is 5.68. The maximum absolute atomic E-state index is 14.7. The summed E-state index contributed by atoms with van der Waals surface area (Å²) >= 11 is 0. The van der Waals surface area contributed by atoms with Gasteiger partial charge in [-0.05, 0) is 37.9 Å². The zero-order valence-electron chi connectivity index (χ0n) is 19.4. The van der Waals surface area contributed by atoms with Crippen molar-refractivity contribution >= 4 is 5.88 Å². The second kappa shape index (κ2) is 12.3. The van der Waals surface area contributed by atoms with Gasteiger partial charge in [0.1, 0.15) is 11.5 Å². The monoisotopic (exact) mass is 449 g/mol. The van der Waals surface area contributed by atoms with Crippen molar-refractivity contribution in [3.05, 3.63) is 35.6 Å². The lowest BCUT2D eigenvalue weighted by Gasteiger charge is -2.29. The lowest BCUT2D eigenvalue weighted by atomic mass is 10.0. The van der Waals surface area contributed by atoms with E-state index in [0.29, 0.717) is 69.1 Å². The maximum Gasteiger partial charge on any atom is 0.232 e. The van der Waals surface area contributed by atoms with Gasteiger partial charge in [-0.15, -0.1) is 0 Å². The Hall–Kier alpha value is -2.00. The summed E-state index contributed by atoms with van der Waals surface area (Å²) in [6.07, 6.45) is 0.375. The van der Waals surface area contributed by atoms with Crippen LogP contribution >= 0.6 is 0 Å². The fourth-order valence-corrected chi connectivity index (χ4v) is 3.83. The van der Waals surface area contributed by atoms with Gasteiger partial charge >= 0.3 is 0 Å². The number of hydrogen-bond donors (Lipinski definition) is 1. The molecule has 2 aromatic rings. The zero-order chi connectivity index (χ0) is 22.9. The van der Waals surface area contributed by atoms with Crippen LogP contribution in [-0.4, -0.2) is 73.9 Å². The molecule has 1 fully saturated rings. The summed E-state index contributed by atoms with van der Waals surface area (Å²) in [5.41, 5.74) is 1.77. The fourth-order valence-electron chi connectivity index (χ4n) is 3.83. The number of anilines is 1. The molecule has 8 heteroatoms. The third-order valence-electron chi connectivity index (χ3n) is 5.58. The summed E-state index contributed by atoms with van der Waals surface area (Å²) < 4.78 is 31.3. The van der Waals surface area contributed by atoms with Gasteiger partial charge in [-0.2, -0.15) is 0 Å². The number of benzene rings is 1. The largest absolute Gasteiger partial charge is 0.389 e. The average molecular weight is 450 g/mol. The molecule has 0 amide bonds. The van der Waals surface area contributed by atoms with Gasteiger partial charge in [0.05, 0.1) is 31.5 Å². The smallest absolute Gasteiger partial charge is 0.232 e. The zero-order valence-corrected chi connectivity index (χ0v) is 19.4. The third-order valence-corrected chi connectivity index (χ3v) is 5.58. The van der Waals surface area contributed by atoms with E-state index in [1.807, 2.05) is 6.92 Å². The first-order valence-electron chi connectivity index (χ1n) is 11.5. The van der Waals surface area contributed by atoms with E-state index in [9.17, 15) is 9.50 Å². The van der Waals surface area contributed by atoms with E-state index in [1.54, 1.807) is 18.2 Å². The second-order valence-corrected chi connectivity index (χ2v) is 8.63. The van der Waals surface area contributed by atoms with E-state index in [4.69, 9.17) is 14.0 Å². The van der Waals surface area contributed by atoms with Gasteiger partial charge in [0.15, 0.2) is 0 Å². The Labute approximate surface area is 190 Å². The number of aliphatic hydroxyl groups excluding tert-OH is 1. The van der Waals surface area contributed by atoms with Crippen LogP contribution in [0.15, 0.2) is 28.8 Å². The van der Waals surface area contributed by atoms with Crippen LogP contribution in [0.5, 0.6) is 0 Å². The molecule has 32 heavy (non-hydrogen) atoms. The van der Waals surface area contributed by atoms with Crippen LogP contribution in [-0.2, 0) is 16.0 Å². The minimum Gasteiger partial charge on any atom is -0.389 e. The van der Waals surface area contributed by atoms with Gasteiger partial charge in [-0.3, -0.25) is 4.90 Å². The molecule has 0 aliphatic carbocycles. The molecule has 1 aliphatic rings. The standard InChI is InChI=1S/C24H36FN3O4/c1-4-30-17-19(29)15-27(10-9-18(2)3)16-21-23(20-7-5-6-8-22(20)25)26-32-24(21)28-11-13-31-14-12-28/h5-8,18-19,29H,4,9-17H2,1-3H3/t19-/m1/s1. The highest BCUT2D eigenvalue weighted by Gasteiger charge is 2.27. The SMILES string of the molecule is CCOC[C@H](O)CN(CCC(C)C)Cc1c(-c2ccccc2F)noc1N1CCOCC1. The van der Waals surface area contributed by atoms with Crippen molar-refractivity contribution < 1.29 is 23.5 Å². The van der Waals surface area contributed by atoms with Gasteiger partial charge in [0.2, 0.25) is 5.88 Å². The number of aliphatic hydroxyl groups is 1. The Morgan fingerprint density at radius 1 is 1.25 bits per heavy atom. The number of rotatable bonds is 12. The Morgan fingerprint density at radius 2 is 2.00 bits per heavy atom. The Morgan fingerprint density at radius 3 is 2.69 bits per heavy atom.